The molecule has 1 aromatic rings. The van der Waals surface area contributed by atoms with E-state index in [9.17, 15) is 4.79 Å². The predicted molar refractivity (Wildman–Crippen MR) is 112 cm³/mol. The number of rotatable bonds is 7. The number of halogens is 1. The van der Waals surface area contributed by atoms with E-state index in [-0.39, 0.29) is 29.9 Å². The fourth-order valence-electron chi connectivity index (χ4n) is 2.72. The quantitative estimate of drug-likeness (QED) is 0.223. The lowest BCUT2D eigenvalue weighted by Gasteiger charge is -2.31. The van der Waals surface area contributed by atoms with Gasteiger partial charge in [-0.25, -0.2) is 0 Å². The molecule has 1 aliphatic rings. The van der Waals surface area contributed by atoms with Gasteiger partial charge in [-0.1, -0.05) is 37.3 Å². The molecule has 0 bridgehead atoms. The fourth-order valence-corrected chi connectivity index (χ4v) is 2.72. The van der Waals surface area contributed by atoms with Crippen LogP contribution in [0.15, 0.2) is 35.3 Å². The lowest BCUT2D eigenvalue weighted by Crippen LogP contribution is -2.42. The number of benzene rings is 1. The van der Waals surface area contributed by atoms with E-state index in [2.05, 4.69) is 16.8 Å². The molecular weight excluding hydrogens is 429 g/mol. The lowest BCUT2D eigenvalue weighted by atomic mass is 10.00. The molecule has 1 saturated heterocycles. The van der Waals surface area contributed by atoms with Crippen molar-refractivity contribution in [2.24, 2.45) is 16.6 Å². The Kier molecular flexibility index (Phi) is 10.5. The van der Waals surface area contributed by atoms with Crippen LogP contribution < -0.4 is 5.73 Å². The minimum absolute atomic E-state index is 0. The molecule has 0 saturated carbocycles. The summed E-state index contributed by atoms with van der Waals surface area (Å²) in [5.74, 6) is 1.28. The maximum Gasteiger partial charge on any atom is 0.306 e. The van der Waals surface area contributed by atoms with Gasteiger partial charge in [0.25, 0.3) is 0 Å². The Morgan fingerprint density at radius 2 is 1.92 bits per heavy atom. The van der Waals surface area contributed by atoms with E-state index in [0.29, 0.717) is 25.5 Å². The third-order valence-corrected chi connectivity index (χ3v) is 4.41. The Balaban J connectivity index is 0.00000312. The molecule has 1 aliphatic heterocycles. The Labute approximate surface area is 168 Å². The zero-order valence-electron chi connectivity index (χ0n) is 15.0. The molecule has 0 amide bonds. The summed E-state index contributed by atoms with van der Waals surface area (Å²) in [6.45, 7) is 5.30. The molecule has 0 atom stereocenters. The molecule has 0 radical (unpaired) electrons. The summed E-state index contributed by atoms with van der Waals surface area (Å²) in [6.07, 6.45) is 4.43. The molecule has 25 heavy (non-hydrogen) atoms. The van der Waals surface area contributed by atoms with E-state index < -0.39 is 0 Å². The number of carbonyl (C=O) groups is 1. The number of ether oxygens (including phenoxy) is 1. The molecule has 0 unspecified atom stereocenters. The van der Waals surface area contributed by atoms with Crippen molar-refractivity contribution in [1.82, 2.24) is 4.90 Å². The number of nitrogens with zero attached hydrogens (tertiary/aromatic N) is 2. The Morgan fingerprint density at radius 1 is 1.24 bits per heavy atom. The summed E-state index contributed by atoms with van der Waals surface area (Å²) in [7, 11) is 0. The van der Waals surface area contributed by atoms with Gasteiger partial charge in [0, 0.05) is 26.1 Å². The van der Waals surface area contributed by atoms with Gasteiger partial charge in [-0.05, 0) is 37.2 Å². The van der Waals surface area contributed by atoms with Gasteiger partial charge in [0.2, 0.25) is 0 Å². The van der Waals surface area contributed by atoms with Gasteiger partial charge in [-0.15, -0.1) is 24.0 Å². The van der Waals surface area contributed by atoms with Crippen molar-refractivity contribution in [2.45, 2.75) is 45.6 Å². The first-order valence-electron chi connectivity index (χ1n) is 8.89. The fraction of sp³-hybridized carbons (Fsp3) is 0.579. The SMILES string of the molecule is CC1CCN(C(N)=NCCCCC(=O)OCc2ccccc2)CC1.I. The average Bonchev–Trinajstić information content (AvgIpc) is 2.61. The molecule has 0 aromatic heterocycles. The normalized spacial score (nSPS) is 15.6. The van der Waals surface area contributed by atoms with Crippen LogP contribution >= 0.6 is 24.0 Å². The van der Waals surface area contributed by atoms with Gasteiger partial charge >= 0.3 is 5.97 Å². The van der Waals surface area contributed by atoms with Gasteiger partial charge in [-0.3, -0.25) is 9.79 Å². The number of piperidine rings is 1. The van der Waals surface area contributed by atoms with Crippen molar-refractivity contribution < 1.29 is 9.53 Å². The number of unbranched alkanes of at least 4 members (excludes halogenated alkanes) is 1. The summed E-state index contributed by atoms with van der Waals surface area (Å²) in [4.78, 5) is 18.3. The highest BCUT2D eigenvalue weighted by molar-refractivity contribution is 14.0. The minimum atomic E-state index is -0.152. The highest BCUT2D eigenvalue weighted by Crippen LogP contribution is 2.15. The Morgan fingerprint density at radius 3 is 2.60 bits per heavy atom. The van der Waals surface area contributed by atoms with Crippen LogP contribution in [-0.4, -0.2) is 36.5 Å². The van der Waals surface area contributed by atoms with E-state index in [1.165, 1.54) is 12.8 Å². The molecule has 0 spiro atoms. The number of hydrogen-bond acceptors (Lipinski definition) is 3. The number of guanidine groups is 1. The van der Waals surface area contributed by atoms with Crippen molar-refractivity contribution in [1.29, 1.82) is 0 Å². The second kappa shape index (κ2) is 12.1. The monoisotopic (exact) mass is 459 g/mol. The van der Waals surface area contributed by atoms with Crippen LogP contribution in [0.2, 0.25) is 0 Å². The Hall–Kier alpha value is -1.31. The van der Waals surface area contributed by atoms with Gasteiger partial charge in [0.15, 0.2) is 5.96 Å². The van der Waals surface area contributed by atoms with Crippen molar-refractivity contribution in [2.75, 3.05) is 19.6 Å². The molecular formula is C19H30IN3O2. The van der Waals surface area contributed by atoms with E-state index in [1.807, 2.05) is 30.3 Å². The highest BCUT2D eigenvalue weighted by atomic mass is 127. The number of likely N-dealkylation sites (tertiary alicyclic amines) is 1. The third kappa shape index (κ3) is 8.56. The van der Waals surface area contributed by atoms with E-state index >= 15 is 0 Å². The second-order valence-corrected chi connectivity index (χ2v) is 6.51. The van der Waals surface area contributed by atoms with Crippen LogP contribution in [0, 0.1) is 5.92 Å². The van der Waals surface area contributed by atoms with Crippen LogP contribution in [0.5, 0.6) is 0 Å². The van der Waals surface area contributed by atoms with Crippen molar-refractivity contribution >= 4 is 35.9 Å². The van der Waals surface area contributed by atoms with Crippen LogP contribution in [0.25, 0.3) is 0 Å². The molecule has 0 aliphatic carbocycles. The molecule has 1 fully saturated rings. The minimum Gasteiger partial charge on any atom is -0.461 e. The number of nitrogens with two attached hydrogens (primary N) is 1. The number of hydrogen-bond donors (Lipinski definition) is 1. The molecule has 6 heteroatoms. The standard InChI is InChI=1S/C19H29N3O2.HI/c1-16-10-13-22(14-11-16)19(20)21-12-6-5-9-18(23)24-15-17-7-3-2-4-8-17;/h2-4,7-8,16H,5-6,9-15H2,1H3,(H2,20,21);1H. The number of esters is 1. The zero-order valence-corrected chi connectivity index (χ0v) is 17.4. The van der Waals surface area contributed by atoms with Crippen molar-refractivity contribution in [3.63, 3.8) is 0 Å². The average molecular weight is 459 g/mol. The van der Waals surface area contributed by atoms with Gasteiger partial charge in [0.1, 0.15) is 6.61 Å². The molecule has 140 valence electrons. The maximum absolute atomic E-state index is 11.7. The number of aliphatic imine (C=N–C) groups is 1. The zero-order chi connectivity index (χ0) is 17.2. The molecule has 1 aromatic carbocycles. The Bertz CT molecular complexity index is 529. The lowest BCUT2D eigenvalue weighted by molar-refractivity contribution is -0.145. The van der Waals surface area contributed by atoms with Crippen molar-refractivity contribution in [3.05, 3.63) is 35.9 Å². The van der Waals surface area contributed by atoms with Crippen molar-refractivity contribution in [3.8, 4) is 0 Å². The molecule has 2 N–H and O–H groups in total. The first-order chi connectivity index (χ1) is 11.6. The highest BCUT2D eigenvalue weighted by Gasteiger charge is 2.16. The predicted octanol–water partition coefficient (Wildman–Crippen LogP) is 3.56. The molecule has 2 rings (SSSR count). The summed E-state index contributed by atoms with van der Waals surface area (Å²) >= 11 is 0. The van der Waals surface area contributed by atoms with E-state index in [1.54, 1.807) is 0 Å². The topological polar surface area (TPSA) is 67.9 Å². The van der Waals surface area contributed by atoms with Crippen LogP contribution in [0.1, 0.15) is 44.6 Å². The molecule has 5 nitrogen and oxygen atoms in total. The van der Waals surface area contributed by atoms with E-state index in [4.69, 9.17) is 10.5 Å². The number of carbonyl (C=O) groups excluding carboxylic acids is 1. The second-order valence-electron chi connectivity index (χ2n) is 6.51. The van der Waals surface area contributed by atoms with Gasteiger partial charge in [0.05, 0.1) is 0 Å². The third-order valence-electron chi connectivity index (χ3n) is 4.41. The van der Waals surface area contributed by atoms with Crippen LogP contribution in [0.3, 0.4) is 0 Å². The van der Waals surface area contributed by atoms with Crippen LogP contribution in [-0.2, 0) is 16.1 Å². The van der Waals surface area contributed by atoms with Gasteiger partial charge < -0.3 is 15.4 Å². The van der Waals surface area contributed by atoms with Crippen LogP contribution in [0.4, 0.5) is 0 Å². The largest absolute Gasteiger partial charge is 0.461 e. The van der Waals surface area contributed by atoms with E-state index in [0.717, 1.165) is 37.4 Å². The summed E-state index contributed by atoms with van der Waals surface area (Å²) in [5, 5.41) is 0. The summed E-state index contributed by atoms with van der Waals surface area (Å²) in [5.41, 5.74) is 7.05. The molecule has 1 heterocycles. The first-order valence-corrected chi connectivity index (χ1v) is 8.89. The maximum atomic E-state index is 11.7. The summed E-state index contributed by atoms with van der Waals surface area (Å²) < 4.78 is 5.25. The first kappa shape index (κ1) is 21.7. The summed E-state index contributed by atoms with van der Waals surface area (Å²) in [6, 6.07) is 9.73. The smallest absolute Gasteiger partial charge is 0.306 e. The van der Waals surface area contributed by atoms with Gasteiger partial charge in [-0.2, -0.15) is 0 Å².